The molecule has 0 aromatic carbocycles. The molecule has 0 aromatic rings. The van der Waals surface area contributed by atoms with Gasteiger partial charge < -0.3 is 14.2 Å². The number of hydrogen-bond donors (Lipinski definition) is 0. The van der Waals surface area contributed by atoms with Gasteiger partial charge in [0, 0.05) is 19.3 Å². The Kier molecular flexibility index (Phi) is 61.1. The number of ether oxygens (including phenoxy) is 3. The van der Waals surface area contributed by atoms with E-state index in [1.807, 2.05) is 0 Å². The Balaban J connectivity index is 4.13. The normalized spacial score (nSPS) is 12.2. The van der Waals surface area contributed by atoms with Crippen LogP contribution in [0.2, 0.25) is 0 Å². The summed E-state index contributed by atoms with van der Waals surface area (Å²) in [6.07, 6.45) is 77.4. The van der Waals surface area contributed by atoms with Crippen molar-refractivity contribution in [2.75, 3.05) is 13.2 Å². The van der Waals surface area contributed by atoms with Gasteiger partial charge in [0.15, 0.2) is 6.10 Å². The molecule has 0 fully saturated rings. The summed E-state index contributed by atoms with van der Waals surface area (Å²) in [7, 11) is 0. The molecule has 6 nitrogen and oxygen atoms in total. The van der Waals surface area contributed by atoms with Gasteiger partial charge in [0.05, 0.1) is 0 Å². The van der Waals surface area contributed by atoms with Crippen molar-refractivity contribution in [2.24, 2.45) is 0 Å². The van der Waals surface area contributed by atoms with Crippen LogP contribution in [-0.2, 0) is 28.6 Å². The summed E-state index contributed by atoms with van der Waals surface area (Å²) in [5, 5.41) is 0. The van der Waals surface area contributed by atoms with Crippen LogP contribution in [0, 0.1) is 0 Å². The Morgan fingerprint density at radius 2 is 0.500 bits per heavy atom. The lowest BCUT2D eigenvalue weighted by molar-refractivity contribution is -0.167. The molecule has 0 rings (SSSR count). The molecular formula is C68H126O6. The number of esters is 3. The molecule has 6 heteroatoms. The van der Waals surface area contributed by atoms with Gasteiger partial charge in [-0.3, -0.25) is 14.4 Å². The second-order valence-corrected chi connectivity index (χ2v) is 22.4. The predicted molar refractivity (Wildman–Crippen MR) is 321 cm³/mol. The van der Waals surface area contributed by atoms with Crippen molar-refractivity contribution in [1.29, 1.82) is 0 Å². The van der Waals surface area contributed by atoms with Crippen LogP contribution in [0.5, 0.6) is 0 Å². The monoisotopic (exact) mass is 1040 g/mol. The maximum atomic E-state index is 12.9. The highest BCUT2D eigenvalue weighted by Gasteiger charge is 2.19. The molecule has 0 aliphatic carbocycles. The maximum absolute atomic E-state index is 12.9. The standard InChI is InChI=1S/C68H126O6/c1-4-7-10-13-16-19-22-24-26-28-29-30-31-32-33-34-35-36-37-38-39-40-42-43-46-49-52-55-58-61-67(70)73-64-65(63-72-66(69)60-57-54-51-48-45-21-18-15-12-9-6-3)74-68(71)62-59-56-53-50-47-44-41-27-25-23-20-17-14-11-8-5-2/h15,18,22,24,28-29,65H,4-14,16-17,19-21,23,25-27,30-64H2,1-3H3/b18-15-,24-22-,29-28-. The summed E-state index contributed by atoms with van der Waals surface area (Å²) in [5.74, 6) is -0.856. The fraction of sp³-hybridized carbons (Fsp3) is 0.868. The second-order valence-electron chi connectivity index (χ2n) is 22.4. The number of carbonyl (C=O) groups is 3. The van der Waals surface area contributed by atoms with E-state index in [4.69, 9.17) is 14.2 Å². The lowest BCUT2D eigenvalue weighted by Crippen LogP contribution is -2.30. The van der Waals surface area contributed by atoms with Crippen molar-refractivity contribution in [1.82, 2.24) is 0 Å². The average Bonchev–Trinajstić information content (AvgIpc) is 3.40. The highest BCUT2D eigenvalue weighted by atomic mass is 16.6. The van der Waals surface area contributed by atoms with Crippen LogP contribution in [0.25, 0.3) is 0 Å². The van der Waals surface area contributed by atoms with E-state index >= 15 is 0 Å². The third-order valence-electron chi connectivity index (χ3n) is 14.9. The van der Waals surface area contributed by atoms with E-state index in [2.05, 4.69) is 57.2 Å². The molecule has 0 heterocycles. The highest BCUT2D eigenvalue weighted by Crippen LogP contribution is 2.18. The molecule has 0 amide bonds. The van der Waals surface area contributed by atoms with Gasteiger partial charge in [0.1, 0.15) is 13.2 Å². The minimum atomic E-state index is -0.771. The number of hydrogen-bond acceptors (Lipinski definition) is 6. The van der Waals surface area contributed by atoms with E-state index in [0.717, 1.165) is 70.6 Å². The molecule has 0 aromatic heterocycles. The molecule has 0 bridgehead atoms. The summed E-state index contributed by atoms with van der Waals surface area (Å²) in [4.78, 5) is 38.2. The second kappa shape index (κ2) is 63.2. The fourth-order valence-electron chi connectivity index (χ4n) is 9.87. The Morgan fingerprint density at radius 3 is 0.797 bits per heavy atom. The fourth-order valence-corrected chi connectivity index (χ4v) is 9.87. The minimum Gasteiger partial charge on any atom is -0.462 e. The molecule has 0 saturated carbocycles. The molecule has 1 atom stereocenters. The van der Waals surface area contributed by atoms with E-state index in [1.54, 1.807) is 0 Å². The molecule has 0 spiro atoms. The summed E-state index contributed by atoms with van der Waals surface area (Å²) in [6, 6.07) is 0. The molecule has 1 unspecified atom stereocenters. The first-order valence-corrected chi connectivity index (χ1v) is 33.0. The van der Waals surface area contributed by atoms with Gasteiger partial charge in [-0.15, -0.1) is 0 Å². The Morgan fingerprint density at radius 1 is 0.270 bits per heavy atom. The van der Waals surface area contributed by atoms with Crippen LogP contribution in [0.15, 0.2) is 36.5 Å². The Hall–Kier alpha value is -2.37. The topological polar surface area (TPSA) is 78.9 Å². The van der Waals surface area contributed by atoms with Crippen LogP contribution in [0.3, 0.4) is 0 Å². The first-order chi connectivity index (χ1) is 36.5. The zero-order chi connectivity index (χ0) is 53.6. The lowest BCUT2D eigenvalue weighted by Gasteiger charge is -2.18. The van der Waals surface area contributed by atoms with Crippen molar-refractivity contribution >= 4 is 17.9 Å². The van der Waals surface area contributed by atoms with Gasteiger partial charge in [-0.25, -0.2) is 0 Å². The zero-order valence-electron chi connectivity index (χ0n) is 49.9. The summed E-state index contributed by atoms with van der Waals surface area (Å²) in [5.41, 5.74) is 0. The summed E-state index contributed by atoms with van der Waals surface area (Å²) >= 11 is 0. The average molecular weight is 1040 g/mol. The van der Waals surface area contributed by atoms with Gasteiger partial charge in [0.25, 0.3) is 0 Å². The molecule has 0 radical (unpaired) electrons. The number of allylic oxidation sites excluding steroid dienone is 6. The molecule has 0 N–H and O–H groups in total. The SMILES string of the molecule is CCCC/C=C\CCCCCCCC(=O)OCC(COC(=O)CCCCCCCCCCCCCCCCCCC/C=C\C/C=C\CCCCCCC)OC(=O)CCCCCCCCCCCCCCCCCC. The number of unbranched alkanes of at least 4 members (excludes halogenated alkanes) is 44. The van der Waals surface area contributed by atoms with E-state index in [-0.39, 0.29) is 31.1 Å². The van der Waals surface area contributed by atoms with Gasteiger partial charge in [-0.1, -0.05) is 308 Å². The van der Waals surface area contributed by atoms with Gasteiger partial charge >= 0.3 is 17.9 Å². The smallest absolute Gasteiger partial charge is 0.306 e. The Bertz CT molecular complexity index is 1240. The summed E-state index contributed by atoms with van der Waals surface area (Å²) in [6.45, 7) is 6.64. The van der Waals surface area contributed by atoms with Crippen LogP contribution in [0.1, 0.15) is 361 Å². The minimum absolute atomic E-state index is 0.0694. The molecule has 0 aliphatic rings. The van der Waals surface area contributed by atoms with Crippen LogP contribution < -0.4 is 0 Å². The molecular weight excluding hydrogens is 913 g/mol. The van der Waals surface area contributed by atoms with Crippen molar-refractivity contribution in [3.05, 3.63) is 36.5 Å². The third kappa shape index (κ3) is 60.5. The first kappa shape index (κ1) is 71.6. The van der Waals surface area contributed by atoms with Gasteiger partial charge in [-0.2, -0.15) is 0 Å². The van der Waals surface area contributed by atoms with Gasteiger partial charge in [0.2, 0.25) is 0 Å². The predicted octanol–water partition coefficient (Wildman–Crippen LogP) is 22.4. The van der Waals surface area contributed by atoms with E-state index in [9.17, 15) is 14.4 Å². The lowest BCUT2D eigenvalue weighted by atomic mass is 10.0. The zero-order valence-corrected chi connectivity index (χ0v) is 49.9. The van der Waals surface area contributed by atoms with E-state index < -0.39 is 6.10 Å². The largest absolute Gasteiger partial charge is 0.462 e. The third-order valence-corrected chi connectivity index (χ3v) is 14.9. The number of rotatable bonds is 61. The van der Waals surface area contributed by atoms with E-state index in [0.29, 0.717) is 19.3 Å². The first-order valence-electron chi connectivity index (χ1n) is 33.0. The molecule has 74 heavy (non-hydrogen) atoms. The maximum Gasteiger partial charge on any atom is 0.306 e. The van der Waals surface area contributed by atoms with Crippen molar-refractivity contribution in [3.8, 4) is 0 Å². The number of carbonyl (C=O) groups excluding carboxylic acids is 3. The summed E-state index contributed by atoms with van der Waals surface area (Å²) < 4.78 is 16.9. The molecule has 0 saturated heterocycles. The van der Waals surface area contributed by atoms with Crippen molar-refractivity contribution in [2.45, 2.75) is 367 Å². The van der Waals surface area contributed by atoms with Gasteiger partial charge in [-0.05, 0) is 70.6 Å². The van der Waals surface area contributed by atoms with Crippen LogP contribution in [0.4, 0.5) is 0 Å². The Labute approximate surface area is 461 Å². The highest BCUT2D eigenvalue weighted by molar-refractivity contribution is 5.71. The quantitative estimate of drug-likeness (QED) is 0.0261. The molecule has 434 valence electrons. The van der Waals surface area contributed by atoms with Crippen molar-refractivity contribution in [3.63, 3.8) is 0 Å². The van der Waals surface area contributed by atoms with Crippen LogP contribution in [-0.4, -0.2) is 37.2 Å². The van der Waals surface area contributed by atoms with Crippen LogP contribution >= 0.6 is 0 Å². The van der Waals surface area contributed by atoms with Crippen molar-refractivity contribution < 1.29 is 28.6 Å². The molecule has 0 aliphatic heterocycles. The van der Waals surface area contributed by atoms with E-state index in [1.165, 1.54) is 250 Å².